The van der Waals surface area contributed by atoms with E-state index in [9.17, 15) is 0 Å². The molecule has 1 aromatic rings. The van der Waals surface area contributed by atoms with Gasteiger partial charge >= 0.3 is 0 Å². The van der Waals surface area contributed by atoms with Crippen LogP contribution in [0.4, 0.5) is 0 Å². The lowest BCUT2D eigenvalue weighted by Gasteiger charge is -2.31. The maximum absolute atomic E-state index is 5.81. The van der Waals surface area contributed by atoms with Gasteiger partial charge in [0.05, 0.1) is 5.60 Å². The van der Waals surface area contributed by atoms with E-state index in [0.29, 0.717) is 0 Å². The Hall–Kier alpha value is -1.60. The van der Waals surface area contributed by atoms with E-state index in [0.717, 1.165) is 12.8 Å². The standard InChI is InChI=1S/C18H24O/c1-6-12-18(19-5,13-7-2)17-11-9-10-16(14-17)15(4)8-3/h6-11,14H,1-2,12-13H2,3-5H3/b15-8-. The highest BCUT2D eigenvalue weighted by Gasteiger charge is 2.29. The predicted molar refractivity (Wildman–Crippen MR) is 84.1 cm³/mol. The lowest BCUT2D eigenvalue weighted by molar-refractivity contribution is -0.00991. The summed E-state index contributed by atoms with van der Waals surface area (Å²) in [5, 5.41) is 0. The first-order valence-corrected chi connectivity index (χ1v) is 6.64. The molecular weight excluding hydrogens is 232 g/mol. The minimum atomic E-state index is -0.354. The van der Waals surface area contributed by atoms with Crippen molar-refractivity contribution in [3.63, 3.8) is 0 Å². The summed E-state index contributed by atoms with van der Waals surface area (Å²) in [4.78, 5) is 0. The first-order valence-electron chi connectivity index (χ1n) is 6.64. The lowest BCUT2D eigenvalue weighted by Crippen LogP contribution is -2.27. The van der Waals surface area contributed by atoms with E-state index < -0.39 is 0 Å². The van der Waals surface area contributed by atoms with Crippen molar-refractivity contribution >= 4 is 5.57 Å². The Morgan fingerprint density at radius 3 is 2.37 bits per heavy atom. The van der Waals surface area contributed by atoms with Gasteiger partial charge < -0.3 is 4.74 Å². The number of methoxy groups -OCH3 is 1. The lowest BCUT2D eigenvalue weighted by atomic mass is 9.85. The molecule has 0 aliphatic heterocycles. The van der Waals surface area contributed by atoms with Crippen LogP contribution in [0.25, 0.3) is 5.57 Å². The van der Waals surface area contributed by atoms with Crippen LogP contribution in [0.1, 0.15) is 37.8 Å². The third-order valence-electron chi connectivity index (χ3n) is 3.62. The van der Waals surface area contributed by atoms with Crippen molar-refractivity contribution < 1.29 is 4.74 Å². The third kappa shape index (κ3) is 3.45. The van der Waals surface area contributed by atoms with Gasteiger partial charge in [0.25, 0.3) is 0 Å². The SMILES string of the molecule is C=CCC(CC=C)(OC)c1cccc(/C(C)=C\C)c1. The van der Waals surface area contributed by atoms with E-state index in [2.05, 4.69) is 57.3 Å². The largest absolute Gasteiger partial charge is 0.373 e. The molecule has 0 amide bonds. The fraction of sp³-hybridized carbons (Fsp3) is 0.333. The zero-order valence-corrected chi connectivity index (χ0v) is 12.3. The summed E-state index contributed by atoms with van der Waals surface area (Å²) in [5.74, 6) is 0. The Kier molecular flexibility index (Phi) is 5.78. The second-order valence-corrected chi connectivity index (χ2v) is 4.74. The number of rotatable bonds is 7. The minimum absolute atomic E-state index is 0.354. The Morgan fingerprint density at radius 1 is 1.26 bits per heavy atom. The van der Waals surface area contributed by atoms with Crippen LogP contribution >= 0.6 is 0 Å². The molecule has 1 rings (SSSR count). The monoisotopic (exact) mass is 256 g/mol. The molecule has 0 radical (unpaired) electrons. The molecule has 0 unspecified atom stereocenters. The first-order chi connectivity index (χ1) is 9.13. The molecule has 1 aromatic carbocycles. The van der Waals surface area contributed by atoms with E-state index in [1.165, 1.54) is 16.7 Å². The molecule has 0 fully saturated rings. The number of benzene rings is 1. The van der Waals surface area contributed by atoms with Crippen molar-refractivity contribution in [1.82, 2.24) is 0 Å². The van der Waals surface area contributed by atoms with Crippen LogP contribution in [-0.2, 0) is 10.3 Å². The van der Waals surface area contributed by atoms with Crippen LogP contribution in [0.5, 0.6) is 0 Å². The van der Waals surface area contributed by atoms with E-state index in [4.69, 9.17) is 4.74 Å². The second kappa shape index (κ2) is 7.10. The van der Waals surface area contributed by atoms with Crippen molar-refractivity contribution in [2.45, 2.75) is 32.3 Å². The van der Waals surface area contributed by atoms with Gasteiger partial charge in [0, 0.05) is 7.11 Å². The first kappa shape index (κ1) is 15.5. The Labute approximate surface area is 117 Å². The summed E-state index contributed by atoms with van der Waals surface area (Å²) in [5.41, 5.74) is 3.32. The maximum Gasteiger partial charge on any atom is 0.0995 e. The second-order valence-electron chi connectivity index (χ2n) is 4.74. The zero-order chi connectivity index (χ0) is 14.3. The van der Waals surface area contributed by atoms with Crippen LogP contribution in [0, 0.1) is 0 Å². The summed E-state index contributed by atoms with van der Waals surface area (Å²) in [7, 11) is 1.75. The van der Waals surface area contributed by atoms with Crippen molar-refractivity contribution in [1.29, 1.82) is 0 Å². The van der Waals surface area contributed by atoms with Crippen LogP contribution in [-0.4, -0.2) is 7.11 Å². The van der Waals surface area contributed by atoms with Gasteiger partial charge in [-0.2, -0.15) is 0 Å². The Bertz CT molecular complexity index is 458. The minimum Gasteiger partial charge on any atom is -0.373 e. The van der Waals surface area contributed by atoms with Gasteiger partial charge in [0.1, 0.15) is 0 Å². The van der Waals surface area contributed by atoms with Gasteiger partial charge in [0.15, 0.2) is 0 Å². The normalized spacial score (nSPS) is 12.3. The smallest absolute Gasteiger partial charge is 0.0995 e. The summed E-state index contributed by atoms with van der Waals surface area (Å²) < 4.78 is 5.81. The summed E-state index contributed by atoms with van der Waals surface area (Å²) in [6.07, 6.45) is 7.47. The van der Waals surface area contributed by atoms with Gasteiger partial charge in [-0.05, 0) is 49.5 Å². The molecule has 0 saturated heterocycles. The van der Waals surface area contributed by atoms with Crippen LogP contribution in [0.15, 0.2) is 55.7 Å². The molecule has 0 aromatic heterocycles. The van der Waals surface area contributed by atoms with Crippen LogP contribution in [0.2, 0.25) is 0 Å². The topological polar surface area (TPSA) is 9.23 Å². The van der Waals surface area contributed by atoms with Gasteiger partial charge in [-0.1, -0.05) is 36.4 Å². The van der Waals surface area contributed by atoms with Crippen molar-refractivity contribution in [2.24, 2.45) is 0 Å². The van der Waals surface area contributed by atoms with E-state index in [-0.39, 0.29) is 5.60 Å². The van der Waals surface area contributed by atoms with E-state index >= 15 is 0 Å². The maximum atomic E-state index is 5.81. The number of hydrogen-bond acceptors (Lipinski definition) is 1. The highest BCUT2D eigenvalue weighted by molar-refractivity contribution is 5.64. The number of hydrogen-bond donors (Lipinski definition) is 0. The summed E-state index contributed by atoms with van der Waals surface area (Å²) >= 11 is 0. The van der Waals surface area contributed by atoms with Gasteiger partial charge in [0.2, 0.25) is 0 Å². The van der Waals surface area contributed by atoms with Crippen LogP contribution < -0.4 is 0 Å². The van der Waals surface area contributed by atoms with Gasteiger partial charge in [-0.25, -0.2) is 0 Å². The average molecular weight is 256 g/mol. The fourth-order valence-corrected chi connectivity index (χ4v) is 2.28. The summed E-state index contributed by atoms with van der Waals surface area (Å²) in [6.45, 7) is 11.9. The van der Waals surface area contributed by atoms with Crippen molar-refractivity contribution in [3.8, 4) is 0 Å². The van der Waals surface area contributed by atoms with Crippen molar-refractivity contribution in [2.75, 3.05) is 7.11 Å². The molecule has 0 spiro atoms. The fourth-order valence-electron chi connectivity index (χ4n) is 2.28. The molecule has 0 atom stereocenters. The molecule has 1 nitrogen and oxygen atoms in total. The number of ether oxygens (including phenoxy) is 1. The molecule has 0 aliphatic rings. The molecule has 0 aliphatic carbocycles. The van der Waals surface area contributed by atoms with E-state index in [1.54, 1.807) is 7.11 Å². The zero-order valence-electron chi connectivity index (χ0n) is 12.3. The van der Waals surface area contributed by atoms with Gasteiger partial charge in [-0.15, -0.1) is 13.2 Å². The third-order valence-corrected chi connectivity index (χ3v) is 3.62. The molecule has 0 saturated carbocycles. The molecule has 0 N–H and O–H groups in total. The molecule has 102 valence electrons. The highest BCUT2D eigenvalue weighted by atomic mass is 16.5. The predicted octanol–water partition coefficient (Wildman–Crippen LogP) is 5.10. The summed E-state index contributed by atoms with van der Waals surface area (Å²) in [6, 6.07) is 8.52. The quantitative estimate of drug-likeness (QED) is 0.616. The molecule has 0 bridgehead atoms. The van der Waals surface area contributed by atoms with E-state index in [1.807, 2.05) is 12.2 Å². The average Bonchev–Trinajstić information content (AvgIpc) is 2.46. The van der Waals surface area contributed by atoms with Crippen LogP contribution in [0.3, 0.4) is 0 Å². The molecule has 19 heavy (non-hydrogen) atoms. The highest BCUT2D eigenvalue weighted by Crippen LogP contribution is 2.34. The Balaban J connectivity index is 3.29. The van der Waals surface area contributed by atoms with Crippen molar-refractivity contribution in [3.05, 3.63) is 66.8 Å². The molecule has 0 heterocycles. The number of allylic oxidation sites excluding steroid dienone is 2. The van der Waals surface area contributed by atoms with Gasteiger partial charge in [-0.3, -0.25) is 0 Å². The molecular formula is C18H24O. The molecule has 1 heteroatoms. The Morgan fingerprint density at radius 2 is 1.89 bits per heavy atom.